The second kappa shape index (κ2) is 7.90. The van der Waals surface area contributed by atoms with Gasteiger partial charge in [-0.2, -0.15) is 0 Å². The molecule has 7 nitrogen and oxygen atoms in total. The van der Waals surface area contributed by atoms with Gasteiger partial charge in [0, 0.05) is 26.1 Å². The first-order chi connectivity index (χ1) is 12.5. The summed E-state index contributed by atoms with van der Waals surface area (Å²) in [5.74, 6) is -0.527. The summed E-state index contributed by atoms with van der Waals surface area (Å²) < 4.78 is 19.9. The van der Waals surface area contributed by atoms with Crippen LogP contribution in [0.2, 0.25) is 0 Å². The summed E-state index contributed by atoms with van der Waals surface area (Å²) in [4.78, 5) is 26.5. The average Bonchev–Trinajstić information content (AvgIpc) is 3.01. The maximum atomic E-state index is 14.7. The number of carbonyl (C=O) groups excluding carboxylic acids is 2. The van der Waals surface area contributed by atoms with Crippen molar-refractivity contribution in [2.45, 2.75) is 31.9 Å². The first kappa shape index (κ1) is 18.4. The number of rotatable bonds is 5. The van der Waals surface area contributed by atoms with Crippen LogP contribution in [0.15, 0.2) is 18.2 Å². The van der Waals surface area contributed by atoms with E-state index in [0.29, 0.717) is 17.4 Å². The first-order valence-electron chi connectivity index (χ1n) is 8.92. The lowest BCUT2D eigenvalue weighted by Crippen LogP contribution is -2.41. The number of ether oxygens (including phenoxy) is 1. The van der Waals surface area contributed by atoms with Crippen LogP contribution in [-0.4, -0.2) is 57.4 Å². The minimum atomic E-state index is -0.526. The smallest absolute Gasteiger partial charge is 0.414 e. The summed E-state index contributed by atoms with van der Waals surface area (Å²) in [5.41, 5.74) is 1.03. The second-order valence-corrected chi connectivity index (χ2v) is 6.74. The van der Waals surface area contributed by atoms with Crippen LogP contribution in [0.4, 0.5) is 20.6 Å². The van der Waals surface area contributed by atoms with Crippen LogP contribution in [-0.2, 0) is 9.53 Å². The van der Waals surface area contributed by atoms with Crippen LogP contribution >= 0.6 is 0 Å². The molecule has 2 fully saturated rings. The summed E-state index contributed by atoms with van der Waals surface area (Å²) in [5, 5.41) is 5.88. The highest BCUT2D eigenvalue weighted by atomic mass is 19.1. The number of piperidine rings is 1. The lowest BCUT2D eigenvalue weighted by Gasteiger charge is -2.33. The third-order valence-corrected chi connectivity index (χ3v) is 4.94. The van der Waals surface area contributed by atoms with E-state index in [2.05, 4.69) is 10.6 Å². The Hall–Kier alpha value is -2.35. The number of carbonyl (C=O) groups is 2. The monoisotopic (exact) mass is 364 g/mol. The zero-order valence-electron chi connectivity index (χ0n) is 15.1. The van der Waals surface area contributed by atoms with Crippen molar-refractivity contribution < 1.29 is 18.7 Å². The van der Waals surface area contributed by atoms with Gasteiger partial charge in [0.2, 0.25) is 5.91 Å². The predicted octanol–water partition coefficient (Wildman–Crippen LogP) is 1.48. The van der Waals surface area contributed by atoms with Gasteiger partial charge in [0.1, 0.15) is 11.9 Å². The molecule has 2 heterocycles. The van der Waals surface area contributed by atoms with E-state index >= 15 is 0 Å². The molecule has 0 spiro atoms. The minimum Gasteiger partial charge on any atom is -0.442 e. The molecule has 0 saturated carbocycles. The lowest BCUT2D eigenvalue weighted by molar-refractivity contribution is -0.119. The number of nitrogens with zero attached hydrogens (tertiary/aromatic N) is 2. The Morgan fingerprint density at radius 2 is 2.08 bits per heavy atom. The molecule has 0 radical (unpaired) electrons. The molecule has 8 heteroatoms. The van der Waals surface area contributed by atoms with Gasteiger partial charge in [-0.1, -0.05) is 0 Å². The number of amides is 2. The average molecular weight is 364 g/mol. The summed E-state index contributed by atoms with van der Waals surface area (Å²) in [6.07, 6.45) is 0.985. The number of benzene rings is 1. The quantitative estimate of drug-likeness (QED) is 0.828. The number of halogens is 1. The highest BCUT2D eigenvalue weighted by Gasteiger charge is 2.33. The van der Waals surface area contributed by atoms with Crippen LogP contribution in [0.25, 0.3) is 0 Å². The highest BCUT2D eigenvalue weighted by Crippen LogP contribution is 2.29. The first-order valence-corrected chi connectivity index (χ1v) is 8.92. The Labute approximate surface area is 152 Å². The SMILES string of the molecule is CNC1CCN(c2ccc(N3CC(CNC(C)=O)OC3=O)cc2F)CC1. The van der Waals surface area contributed by atoms with Crippen molar-refractivity contribution in [2.24, 2.45) is 0 Å². The van der Waals surface area contributed by atoms with Crippen LogP contribution in [0, 0.1) is 5.82 Å². The van der Waals surface area contributed by atoms with E-state index in [1.54, 1.807) is 12.1 Å². The van der Waals surface area contributed by atoms with Crippen molar-refractivity contribution in [3.8, 4) is 0 Å². The normalized spacial score (nSPS) is 21.0. The fourth-order valence-electron chi connectivity index (χ4n) is 3.43. The van der Waals surface area contributed by atoms with E-state index in [9.17, 15) is 14.0 Å². The van der Waals surface area contributed by atoms with Gasteiger partial charge in [0.15, 0.2) is 0 Å². The number of cyclic esters (lactones) is 1. The lowest BCUT2D eigenvalue weighted by atomic mass is 10.0. The maximum Gasteiger partial charge on any atom is 0.414 e. The standard InChI is InChI=1S/C18H25FN4O3/c1-12(24)21-10-15-11-23(18(25)26-15)14-3-4-17(16(19)9-14)22-7-5-13(20-2)6-8-22/h3-4,9,13,15,20H,5-8,10-11H2,1-2H3,(H,21,24). The van der Waals surface area contributed by atoms with Gasteiger partial charge in [0.25, 0.3) is 0 Å². The van der Waals surface area contributed by atoms with Gasteiger partial charge in [0.05, 0.1) is 24.5 Å². The largest absolute Gasteiger partial charge is 0.442 e. The van der Waals surface area contributed by atoms with Crippen molar-refractivity contribution in [1.82, 2.24) is 10.6 Å². The Bertz CT molecular complexity index is 676. The van der Waals surface area contributed by atoms with Crippen molar-refractivity contribution >= 4 is 23.4 Å². The molecular weight excluding hydrogens is 339 g/mol. The fraction of sp³-hybridized carbons (Fsp3) is 0.556. The van der Waals surface area contributed by atoms with Crippen molar-refractivity contribution in [3.63, 3.8) is 0 Å². The molecule has 2 saturated heterocycles. The van der Waals surface area contributed by atoms with E-state index in [1.807, 2.05) is 11.9 Å². The van der Waals surface area contributed by atoms with Crippen LogP contribution < -0.4 is 20.4 Å². The third-order valence-electron chi connectivity index (χ3n) is 4.94. The van der Waals surface area contributed by atoms with E-state index in [4.69, 9.17) is 4.74 Å². The number of nitrogens with one attached hydrogen (secondary N) is 2. The van der Waals surface area contributed by atoms with Crippen LogP contribution in [0.3, 0.4) is 0 Å². The summed E-state index contributed by atoms with van der Waals surface area (Å²) in [6.45, 7) is 3.53. The second-order valence-electron chi connectivity index (χ2n) is 6.74. The maximum absolute atomic E-state index is 14.7. The zero-order valence-corrected chi connectivity index (χ0v) is 15.1. The van der Waals surface area contributed by atoms with Crippen LogP contribution in [0.5, 0.6) is 0 Å². The minimum absolute atomic E-state index is 0.183. The van der Waals surface area contributed by atoms with E-state index in [0.717, 1.165) is 25.9 Å². The van der Waals surface area contributed by atoms with Crippen molar-refractivity contribution in [1.29, 1.82) is 0 Å². The van der Waals surface area contributed by atoms with Crippen molar-refractivity contribution in [3.05, 3.63) is 24.0 Å². The topological polar surface area (TPSA) is 73.9 Å². The Balaban J connectivity index is 1.66. The summed E-state index contributed by atoms with van der Waals surface area (Å²) in [7, 11) is 1.95. The molecule has 1 aromatic carbocycles. The predicted molar refractivity (Wildman–Crippen MR) is 97.0 cm³/mol. The molecule has 0 aromatic heterocycles. The van der Waals surface area contributed by atoms with E-state index in [-0.39, 0.29) is 24.8 Å². The Morgan fingerprint density at radius 1 is 1.35 bits per heavy atom. The zero-order chi connectivity index (χ0) is 18.7. The highest BCUT2D eigenvalue weighted by molar-refractivity contribution is 5.90. The number of anilines is 2. The molecule has 0 aliphatic carbocycles. The molecule has 0 bridgehead atoms. The van der Waals surface area contributed by atoms with Crippen molar-refractivity contribution in [2.75, 3.05) is 43.0 Å². The molecular formula is C18H25FN4O3. The van der Waals surface area contributed by atoms with Crippen LogP contribution in [0.1, 0.15) is 19.8 Å². The molecule has 2 aliphatic rings. The summed E-state index contributed by atoms with van der Waals surface area (Å²) >= 11 is 0. The molecule has 1 aromatic rings. The Morgan fingerprint density at radius 3 is 2.69 bits per heavy atom. The fourth-order valence-corrected chi connectivity index (χ4v) is 3.43. The van der Waals surface area contributed by atoms with Gasteiger partial charge in [-0.05, 0) is 38.1 Å². The third kappa shape index (κ3) is 4.07. The molecule has 2 aliphatic heterocycles. The van der Waals surface area contributed by atoms with Gasteiger partial charge < -0.3 is 20.3 Å². The molecule has 2 amide bonds. The molecule has 1 atom stereocenters. The van der Waals surface area contributed by atoms with E-state index in [1.165, 1.54) is 17.9 Å². The van der Waals surface area contributed by atoms with E-state index < -0.39 is 12.2 Å². The number of hydrogen-bond acceptors (Lipinski definition) is 5. The van der Waals surface area contributed by atoms with Gasteiger partial charge in [-0.25, -0.2) is 9.18 Å². The number of hydrogen-bond donors (Lipinski definition) is 2. The summed E-state index contributed by atoms with van der Waals surface area (Å²) in [6, 6.07) is 5.32. The molecule has 26 heavy (non-hydrogen) atoms. The van der Waals surface area contributed by atoms with Gasteiger partial charge in [-0.15, -0.1) is 0 Å². The van der Waals surface area contributed by atoms with Gasteiger partial charge in [-0.3, -0.25) is 9.69 Å². The molecule has 1 unspecified atom stereocenters. The molecule has 142 valence electrons. The molecule has 3 rings (SSSR count). The van der Waals surface area contributed by atoms with Gasteiger partial charge >= 0.3 is 6.09 Å². The molecule has 2 N–H and O–H groups in total. The Kier molecular flexibility index (Phi) is 5.61.